The molecule has 1 aromatic heterocycles. The molecule has 3 fully saturated rings. The minimum absolute atomic E-state index is 0.0823. The first-order chi connectivity index (χ1) is 12.1. The minimum Gasteiger partial charge on any atom is -0.381 e. The van der Waals surface area contributed by atoms with Gasteiger partial charge in [0.2, 0.25) is 5.91 Å². The summed E-state index contributed by atoms with van der Waals surface area (Å²) in [5.74, 6) is 1.84. The maximum Gasteiger partial charge on any atom is 0.270 e. The van der Waals surface area contributed by atoms with Crippen molar-refractivity contribution in [1.29, 1.82) is 0 Å². The molecule has 1 aromatic rings. The van der Waals surface area contributed by atoms with Crippen LogP contribution in [0.15, 0.2) is 18.3 Å². The maximum atomic E-state index is 12.8. The van der Waals surface area contributed by atoms with Crippen molar-refractivity contribution in [2.45, 2.75) is 19.3 Å². The predicted octanol–water partition coefficient (Wildman–Crippen LogP) is 1.28. The van der Waals surface area contributed by atoms with Crippen LogP contribution in [-0.2, 0) is 16.6 Å². The molecule has 6 heteroatoms. The van der Waals surface area contributed by atoms with Crippen molar-refractivity contribution in [1.82, 2.24) is 14.8 Å². The lowest BCUT2D eigenvalue weighted by molar-refractivity contribution is -0.124. The van der Waals surface area contributed by atoms with Gasteiger partial charge in [-0.1, -0.05) is 0 Å². The van der Waals surface area contributed by atoms with Crippen LogP contribution < -0.4 is 5.32 Å². The van der Waals surface area contributed by atoms with E-state index >= 15 is 0 Å². The highest BCUT2D eigenvalue weighted by Gasteiger charge is 2.43. The van der Waals surface area contributed by atoms with Gasteiger partial charge in [0.1, 0.15) is 5.69 Å². The average Bonchev–Trinajstić information content (AvgIpc) is 3.16. The van der Waals surface area contributed by atoms with Gasteiger partial charge in [0.25, 0.3) is 5.91 Å². The van der Waals surface area contributed by atoms with Gasteiger partial charge in [-0.3, -0.25) is 9.59 Å². The van der Waals surface area contributed by atoms with Crippen molar-refractivity contribution < 1.29 is 14.3 Å². The van der Waals surface area contributed by atoms with Crippen LogP contribution >= 0.6 is 0 Å². The van der Waals surface area contributed by atoms with Gasteiger partial charge < -0.3 is 19.5 Å². The Kier molecular flexibility index (Phi) is 4.54. The Hall–Kier alpha value is -1.82. The normalized spacial score (nSPS) is 28.7. The van der Waals surface area contributed by atoms with E-state index in [1.807, 2.05) is 34.8 Å². The van der Waals surface area contributed by atoms with E-state index < -0.39 is 0 Å². The first kappa shape index (κ1) is 16.6. The van der Waals surface area contributed by atoms with E-state index in [-0.39, 0.29) is 17.7 Å². The van der Waals surface area contributed by atoms with Crippen LogP contribution in [-0.4, -0.2) is 54.1 Å². The number of hydrogen-bond donors (Lipinski definition) is 1. The van der Waals surface area contributed by atoms with Gasteiger partial charge in [0, 0.05) is 45.2 Å². The van der Waals surface area contributed by atoms with E-state index in [1.165, 1.54) is 12.8 Å². The molecule has 0 spiro atoms. The van der Waals surface area contributed by atoms with Crippen molar-refractivity contribution >= 4 is 11.8 Å². The number of carbonyl (C=O) groups excluding carboxylic acids is 2. The number of aromatic nitrogens is 1. The van der Waals surface area contributed by atoms with Crippen LogP contribution in [0.2, 0.25) is 0 Å². The summed E-state index contributed by atoms with van der Waals surface area (Å²) in [6, 6.07) is 3.76. The van der Waals surface area contributed by atoms with Gasteiger partial charge in [-0.25, -0.2) is 0 Å². The Morgan fingerprint density at radius 3 is 2.84 bits per heavy atom. The molecule has 136 valence electrons. The van der Waals surface area contributed by atoms with Gasteiger partial charge in [0.15, 0.2) is 0 Å². The van der Waals surface area contributed by atoms with Crippen LogP contribution in [0, 0.1) is 23.7 Å². The number of fused-ring (bicyclic) bond motifs is 1. The van der Waals surface area contributed by atoms with E-state index in [1.54, 1.807) is 0 Å². The molecule has 1 saturated carbocycles. The van der Waals surface area contributed by atoms with E-state index in [0.29, 0.717) is 37.4 Å². The molecular formula is C19H27N3O3. The molecule has 4 rings (SSSR count). The molecule has 3 heterocycles. The zero-order valence-corrected chi connectivity index (χ0v) is 14.8. The van der Waals surface area contributed by atoms with Crippen molar-refractivity contribution in [2.24, 2.45) is 30.7 Å². The molecular weight excluding hydrogens is 318 g/mol. The largest absolute Gasteiger partial charge is 0.381 e. The minimum atomic E-state index is 0.0823. The number of carbonyl (C=O) groups is 2. The SMILES string of the molecule is Cn1cccc1C(=O)N1C[C@H]2COC[C@H](CC(=O)NCC3CC3)[C@H]2C1. The van der Waals surface area contributed by atoms with Gasteiger partial charge in [-0.2, -0.15) is 0 Å². The Labute approximate surface area is 148 Å². The molecule has 0 radical (unpaired) electrons. The highest BCUT2D eigenvalue weighted by atomic mass is 16.5. The average molecular weight is 345 g/mol. The standard InChI is InChI=1S/C19H27N3O3/c1-21-6-2-3-17(21)19(24)22-9-15-12-25-11-14(16(15)10-22)7-18(23)20-8-13-4-5-13/h2-3,6,13-16H,4-5,7-12H2,1H3,(H,20,23)/t14-,15-,16+/m0/s1. The lowest BCUT2D eigenvalue weighted by Crippen LogP contribution is -2.38. The third kappa shape index (κ3) is 3.59. The van der Waals surface area contributed by atoms with Crippen LogP contribution in [0.25, 0.3) is 0 Å². The Morgan fingerprint density at radius 1 is 1.28 bits per heavy atom. The zero-order valence-electron chi connectivity index (χ0n) is 14.8. The number of aryl methyl sites for hydroxylation is 1. The summed E-state index contributed by atoms with van der Waals surface area (Å²) >= 11 is 0. The molecule has 2 amide bonds. The van der Waals surface area contributed by atoms with Crippen molar-refractivity contribution in [3.63, 3.8) is 0 Å². The van der Waals surface area contributed by atoms with Gasteiger partial charge in [0.05, 0.1) is 13.2 Å². The molecule has 6 nitrogen and oxygen atoms in total. The first-order valence-electron chi connectivity index (χ1n) is 9.37. The predicted molar refractivity (Wildman–Crippen MR) is 93.0 cm³/mol. The van der Waals surface area contributed by atoms with Crippen LogP contribution in [0.3, 0.4) is 0 Å². The summed E-state index contributed by atoms with van der Waals surface area (Å²) in [6.45, 7) is 3.61. The lowest BCUT2D eigenvalue weighted by Gasteiger charge is -2.32. The fourth-order valence-electron chi connectivity index (χ4n) is 4.21. The molecule has 2 aliphatic heterocycles. The fourth-order valence-corrected chi connectivity index (χ4v) is 4.21. The quantitative estimate of drug-likeness (QED) is 0.874. The summed E-state index contributed by atoms with van der Waals surface area (Å²) < 4.78 is 7.62. The Bertz CT molecular complexity index is 652. The highest BCUT2D eigenvalue weighted by Crippen LogP contribution is 2.36. The van der Waals surface area contributed by atoms with E-state index in [4.69, 9.17) is 4.74 Å². The molecule has 1 aliphatic carbocycles. The molecule has 0 bridgehead atoms. The number of nitrogens with one attached hydrogen (secondary N) is 1. The third-order valence-corrected chi connectivity index (χ3v) is 5.94. The zero-order chi connectivity index (χ0) is 17.4. The summed E-state index contributed by atoms with van der Waals surface area (Å²) in [7, 11) is 1.90. The number of hydrogen-bond acceptors (Lipinski definition) is 3. The van der Waals surface area contributed by atoms with E-state index in [9.17, 15) is 9.59 Å². The molecule has 1 N–H and O–H groups in total. The smallest absolute Gasteiger partial charge is 0.270 e. The molecule has 3 atom stereocenters. The summed E-state index contributed by atoms with van der Waals surface area (Å²) in [6.07, 6.45) is 4.90. The maximum absolute atomic E-state index is 12.8. The Balaban J connectivity index is 1.37. The van der Waals surface area contributed by atoms with Gasteiger partial charge in [-0.05, 0) is 42.7 Å². The number of likely N-dealkylation sites (tertiary alicyclic amines) is 1. The van der Waals surface area contributed by atoms with Crippen LogP contribution in [0.1, 0.15) is 29.8 Å². The molecule has 2 saturated heterocycles. The lowest BCUT2D eigenvalue weighted by atomic mass is 9.81. The monoisotopic (exact) mass is 345 g/mol. The number of ether oxygens (including phenoxy) is 1. The number of amides is 2. The van der Waals surface area contributed by atoms with E-state index in [2.05, 4.69) is 5.32 Å². The fraction of sp³-hybridized carbons (Fsp3) is 0.684. The molecule has 0 unspecified atom stereocenters. The highest BCUT2D eigenvalue weighted by molar-refractivity contribution is 5.93. The number of nitrogens with zero attached hydrogens (tertiary/aromatic N) is 2. The van der Waals surface area contributed by atoms with Crippen molar-refractivity contribution in [3.05, 3.63) is 24.0 Å². The van der Waals surface area contributed by atoms with Crippen molar-refractivity contribution in [2.75, 3.05) is 32.8 Å². The van der Waals surface area contributed by atoms with Gasteiger partial charge in [-0.15, -0.1) is 0 Å². The van der Waals surface area contributed by atoms with Gasteiger partial charge >= 0.3 is 0 Å². The van der Waals surface area contributed by atoms with Crippen LogP contribution in [0.5, 0.6) is 0 Å². The third-order valence-electron chi connectivity index (χ3n) is 5.94. The second kappa shape index (κ2) is 6.83. The molecule has 3 aliphatic rings. The molecule has 0 aromatic carbocycles. The first-order valence-corrected chi connectivity index (χ1v) is 9.37. The summed E-state index contributed by atoms with van der Waals surface area (Å²) in [5.41, 5.74) is 0.721. The summed E-state index contributed by atoms with van der Waals surface area (Å²) in [4.78, 5) is 26.9. The Morgan fingerprint density at radius 2 is 2.12 bits per heavy atom. The molecule has 25 heavy (non-hydrogen) atoms. The second-order valence-electron chi connectivity index (χ2n) is 7.89. The van der Waals surface area contributed by atoms with Crippen LogP contribution in [0.4, 0.5) is 0 Å². The van der Waals surface area contributed by atoms with E-state index in [0.717, 1.165) is 25.3 Å². The topological polar surface area (TPSA) is 63.6 Å². The van der Waals surface area contributed by atoms with Crippen molar-refractivity contribution in [3.8, 4) is 0 Å². The second-order valence-corrected chi connectivity index (χ2v) is 7.89. The summed E-state index contributed by atoms with van der Waals surface area (Å²) in [5, 5.41) is 3.06. The number of rotatable bonds is 5.